The Morgan fingerprint density at radius 2 is 2.19 bits per heavy atom. The van der Waals surface area contributed by atoms with E-state index in [-0.39, 0.29) is 12.1 Å². The molecule has 0 fully saturated rings. The number of nitrogens with zero attached hydrogens (tertiary/aromatic N) is 4. The summed E-state index contributed by atoms with van der Waals surface area (Å²) < 4.78 is 7.30. The van der Waals surface area contributed by atoms with Crippen molar-refractivity contribution >= 4 is 22.6 Å². The number of hydrogen-bond acceptors (Lipinski definition) is 5. The summed E-state index contributed by atoms with van der Waals surface area (Å²) in [5, 5.41) is 7.56. The first-order valence-electron chi connectivity index (χ1n) is 4.59. The second-order valence-electron chi connectivity index (χ2n) is 3.26. The topological polar surface area (TPSA) is 73.8 Å². The van der Waals surface area contributed by atoms with E-state index in [0.717, 1.165) is 0 Å². The van der Waals surface area contributed by atoms with Crippen molar-refractivity contribution in [1.29, 1.82) is 0 Å². The van der Waals surface area contributed by atoms with E-state index in [1.807, 2.05) is 22.6 Å². The molecule has 2 aromatic rings. The van der Waals surface area contributed by atoms with Crippen molar-refractivity contribution in [3.05, 3.63) is 37.7 Å². The van der Waals surface area contributed by atoms with Crippen molar-refractivity contribution in [2.75, 3.05) is 0 Å². The van der Waals surface area contributed by atoms with Crippen molar-refractivity contribution in [2.24, 2.45) is 0 Å². The van der Waals surface area contributed by atoms with Crippen LogP contribution in [-0.4, -0.2) is 19.7 Å². The Labute approximate surface area is 105 Å². The maximum atomic E-state index is 11.8. The SMILES string of the molecule is Cc1nnc(Cn2c(C)ncc(I)c2=O)o1. The predicted molar refractivity (Wildman–Crippen MR) is 64.1 cm³/mol. The molecule has 0 radical (unpaired) electrons. The summed E-state index contributed by atoms with van der Waals surface area (Å²) in [5.41, 5.74) is -0.0936. The molecule has 0 aliphatic rings. The Morgan fingerprint density at radius 3 is 2.81 bits per heavy atom. The first kappa shape index (κ1) is 11.2. The molecule has 7 heteroatoms. The molecule has 0 atom stereocenters. The molecule has 0 bridgehead atoms. The molecule has 16 heavy (non-hydrogen) atoms. The molecule has 0 saturated carbocycles. The van der Waals surface area contributed by atoms with E-state index in [9.17, 15) is 4.79 Å². The molecular weight excluding hydrogens is 323 g/mol. The summed E-state index contributed by atoms with van der Waals surface area (Å²) in [5.74, 6) is 1.52. The summed E-state index contributed by atoms with van der Waals surface area (Å²) in [6.45, 7) is 3.73. The number of aryl methyl sites for hydroxylation is 2. The summed E-state index contributed by atoms with van der Waals surface area (Å²) in [4.78, 5) is 15.9. The third kappa shape index (κ3) is 2.13. The van der Waals surface area contributed by atoms with Gasteiger partial charge >= 0.3 is 0 Å². The van der Waals surface area contributed by atoms with Crippen LogP contribution in [0, 0.1) is 17.4 Å². The van der Waals surface area contributed by atoms with Crippen molar-refractivity contribution in [3.8, 4) is 0 Å². The quantitative estimate of drug-likeness (QED) is 0.764. The number of hydrogen-bond donors (Lipinski definition) is 0. The minimum atomic E-state index is -0.0936. The van der Waals surface area contributed by atoms with Crippen LogP contribution in [0.1, 0.15) is 17.6 Å². The minimum absolute atomic E-state index is 0.0936. The van der Waals surface area contributed by atoms with Crippen molar-refractivity contribution in [2.45, 2.75) is 20.4 Å². The van der Waals surface area contributed by atoms with Crippen LogP contribution in [-0.2, 0) is 6.54 Å². The first-order chi connectivity index (χ1) is 7.58. The van der Waals surface area contributed by atoms with Gasteiger partial charge in [-0.1, -0.05) is 0 Å². The van der Waals surface area contributed by atoms with Crippen LogP contribution in [0.5, 0.6) is 0 Å². The highest BCUT2D eigenvalue weighted by atomic mass is 127. The highest BCUT2D eigenvalue weighted by Gasteiger charge is 2.09. The van der Waals surface area contributed by atoms with Crippen molar-refractivity contribution in [3.63, 3.8) is 0 Å². The molecule has 2 heterocycles. The lowest BCUT2D eigenvalue weighted by Gasteiger charge is -2.05. The van der Waals surface area contributed by atoms with Gasteiger partial charge in [0.1, 0.15) is 12.4 Å². The van der Waals surface area contributed by atoms with Gasteiger partial charge in [0.05, 0.1) is 3.57 Å². The average molecular weight is 332 g/mol. The van der Waals surface area contributed by atoms with Crippen LogP contribution in [0.4, 0.5) is 0 Å². The van der Waals surface area contributed by atoms with Gasteiger partial charge in [-0.25, -0.2) is 4.98 Å². The lowest BCUT2D eigenvalue weighted by Crippen LogP contribution is -2.26. The van der Waals surface area contributed by atoms with Gasteiger partial charge in [0, 0.05) is 13.1 Å². The maximum Gasteiger partial charge on any atom is 0.267 e. The van der Waals surface area contributed by atoms with E-state index in [2.05, 4.69) is 15.2 Å². The van der Waals surface area contributed by atoms with Crippen LogP contribution in [0.25, 0.3) is 0 Å². The number of rotatable bonds is 2. The van der Waals surface area contributed by atoms with Gasteiger partial charge in [-0.15, -0.1) is 10.2 Å². The van der Waals surface area contributed by atoms with Gasteiger partial charge < -0.3 is 4.42 Å². The fourth-order valence-electron chi connectivity index (χ4n) is 1.27. The summed E-state index contributed by atoms with van der Waals surface area (Å²) in [6.07, 6.45) is 1.55. The van der Waals surface area contributed by atoms with E-state index in [4.69, 9.17) is 4.42 Å². The van der Waals surface area contributed by atoms with Crippen LogP contribution in [0.15, 0.2) is 15.4 Å². The maximum absolute atomic E-state index is 11.8. The predicted octanol–water partition coefficient (Wildman–Crippen LogP) is 0.896. The van der Waals surface area contributed by atoms with E-state index in [1.165, 1.54) is 4.57 Å². The van der Waals surface area contributed by atoms with E-state index in [1.54, 1.807) is 20.0 Å². The molecule has 0 aromatic carbocycles. The van der Waals surface area contributed by atoms with E-state index < -0.39 is 0 Å². The van der Waals surface area contributed by atoms with Gasteiger partial charge in [-0.05, 0) is 29.5 Å². The Kier molecular flexibility index (Phi) is 3.03. The summed E-state index contributed by atoms with van der Waals surface area (Å²) >= 11 is 1.95. The Morgan fingerprint density at radius 1 is 1.44 bits per heavy atom. The first-order valence-corrected chi connectivity index (χ1v) is 5.66. The Hall–Kier alpha value is -1.25. The zero-order valence-corrected chi connectivity index (χ0v) is 10.9. The molecule has 0 amide bonds. The largest absolute Gasteiger partial charge is 0.424 e. The molecule has 84 valence electrons. The molecular formula is C9H9IN4O2. The third-order valence-electron chi connectivity index (χ3n) is 2.07. The van der Waals surface area contributed by atoms with Gasteiger partial charge in [-0.3, -0.25) is 9.36 Å². The Bertz CT molecular complexity index is 575. The standard InChI is InChI=1S/C9H9IN4O2/c1-5-11-3-7(10)9(15)14(5)4-8-13-12-6(2)16-8/h3H,4H2,1-2H3. The van der Waals surface area contributed by atoms with E-state index in [0.29, 0.717) is 21.2 Å². The van der Waals surface area contributed by atoms with Gasteiger partial charge in [0.15, 0.2) is 0 Å². The van der Waals surface area contributed by atoms with Gasteiger partial charge in [0.2, 0.25) is 11.8 Å². The molecule has 0 aliphatic heterocycles. The molecule has 0 N–H and O–H groups in total. The van der Waals surface area contributed by atoms with Crippen LogP contribution in [0.3, 0.4) is 0 Å². The normalized spacial score (nSPS) is 10.7. The van der Waals surface area contributed by atoms with E-state index >= 15 is 0 Å². The number of aromatic nitrogens is 4. The summed E-state index contributed by atoms with van der Waals surface area (Å²) in [6, 6.07) is 0. The number of halogens is 1. The van der Waals surface area contributed by atoms with Crippen LogP contribution >= 0.6 is 22.6 Å². The molecule has 0 saturated heterocycles. The second-order valence-corrected chi connectivity index (χ2v) is 4.42. The minimum Gasteiger partial charge on any atom is -0.424 e. The van der Waals surface area contributed by atoms with Gasteiger partial charge in [0.25, 0.3) is 5.56 Å². The third-order valence-corrected chi connectivity index (χ3v) is 2.81. The van der Waals surface area contributed by atoms with Gasteiger partial charge in [-0.2, -0.15) is 0 Å². The van der Waals surface area contributed by atoms with Crippen molar-refractivity contribution in [1.82, 2.24) is 19.7 Å². The van der Waals surface area contributed by atoms with Crippen molar-refractivity contribution < 1.29 is 4.42 Å². The van der Waals surface area contributed by atoms with Crippen LogP contribution < -0.4 is 5.56 Å². The fraction of sp³-hybridized carbons (Fsp3) is 0.333. The molecule has 2 aromatic heterocycles. The highest BCUT2D eigenvalue weighted by Crippen LogP contribution is 2.03. The molecule has 2 rings (SSSR count). The second kappa shape index (κ2) is 4.32. The van der Waals surface area contributed by atoms with Crippen LogP contribution in [0.2, 0.25) is 0 Å². The highest BCUT2D eigenvalue weighted by molar-refractivity contribution is 14.1. The molecule has 0 aliphatic carbocycles. The lowest BCUT2D eigenvalue weighted by molar-refractivity contribution is 0.447. The zero-order valence-electron chi connectivity index (χ0n) is 8.77. The lowest BCUT2D eigenvalue weighted by atomic mass is 10.5. The average Bonchev–Trinajstić information content (AvgIpc) is 2.65. The smallest absolute Gasteiger partial charge is 0.267 e. The molecule has 0 spiro atoms. The Balaban J connectivity index is 2.42. The zero-order chi connectivity index (χ0) is 11.7. The summed E-state index contributed by atoms with van der Waals surface area (Å²) in [7, 11) is 0. The molecule has 6 nitrogen and oxygen atoms in total. The monoisotopic (exact) mass is 332 g/mol. The fourth-order valence-corrected chi connectivity index (χ4v) is 1.70. The molecule has 0 unspecified atom stereocenters.